The number of likely N-dealkylation sites (tertiary alicyclic amines) is 1. The number of fused-ring (bicyclic) bond motifs is 1. The molecule has 9 heteroatoms. The summed E-state index contributed by atoms with van der Waals surface area (Å²) >= 11 is 3.63. The molecular weight excluding hydrogens is 492 g/mol. The molecule has 0 aromatic rings. The van der Waals surface area contributed by atoms with E-state index in [2.05, 4.69) is 36.0 Å². The fraction of sp³-hybridized carbons (Fsp3) is 0.708. The van der Waals surface area contributed by atoms with Crippen molar-refractivity contribution in [3.05, 3.63) is 25.3 Å². The maximum atomic E-state index is 13.9. The molecule has 33 heavy (non-hydrogen) atoms. The fourth-order valence-corrected chi connectivity index (χ4v) is 6.51. The van der Waals surface area contributed by atoms with Gasteiger partial charge in [-0.25, -0.2) is 0 Å². The third kappa shape index (κ3) is 4.64. The van der Waals surface area contributed by atoms with E-state index in [1.807, 2.05) is 0 Å². The number of aliphatic hydroxyl groups is 1. The van der Waals surface area contributed by atoms with Crippen LogP contribution in [0.25, 0.3) is 0 Å². The number of carbonyl (C=O) groups is 3. The number of rotatable bonds is 13. The molecule has 0 radical (unpaired) electrons. The van der Waals surface area contributed by atoms with Gasteiger partial charge in [0.05, 0.1) is 17.9 Å². The van der Waals surface area contributed by atoms with E-state index in [4.69, 9.17) is 9.47 Å². The van der Waals surface area contributed by atoms with Gasteiger partial charge in [-0.15, -0.1) is 6.58 Å². The zero-order valence-corrected chi connectivity index (χ0v) is 20.9. The molecule has 6 atom stereocenters. The first-order valence-corrected chi connectivity index (χ1v) is 12.7. The van der Waals surface area contributed by atoms with Crippen LogP contribution < -0.4 is 0 Å². The second-order valence-corrected chi connectivity index (χ2v) is 10.1. The van der Waals surface area contributed by atoms with Crippen LogP contribution in [-0.2, 0) is 23.9 Å². The van der Waals surface area contributed by atoms with Crippen LogP contribution in [0.2, 0.25) is 0 Å². The number of hydrogen-bond donors (Lipinski definition) is 1. The minimum Gasteiger partial charge on any atom is -0.461 e. The van der Waals surface area contributed by atoms with Gasteiger partial charge in [0.1, 0.15) is 18.2 Å². The van der Waals surface area contributed by atoms with E-state index in [0.717, 1.165) is 19.3 Å². The number of amides is 2. The molecule has 0 aliphatic carbocycles. The monoisotopic (exact) mass is 526 g/mol. The summed E-state index contributed by atoms with van der Waals surface area (Å²) in [7, 11) is 0. The van der Waals surface area contributed by atoms with Crippen LogP contribution in [0.3, 0.4) is 0 Å². The Labute approximate surface area is 204 Å². The molecule has 1 spiro atoms. The number of nitrogens with zero attached hydrogens (tertiary/aromatic N) is 2. The molecule has 3 saturated heterocycles. The highest BCUT2D eigenvalue weighted by Crippen LogP contribution is 2.60. The Balaban J connectivity index is 1.98. The molecular formula is C24H35BrN2O6. The second-order valence-electron chi connectivity index (χ2n) is 8.97. The Bertz CT molecular complexity index is 776. The number of ether oxygens (including phenoxy) is 2. The molecule has 3 rings (SSSR count). The van der Waals surface area contributed by atoms with Gasteiger partial charge in [-0.05, 0) is 19.3 Å². The quantitative estimate of drug-likeness (QED) is 0.171. The molecule has 0 aromatic heterocycles. The zero-order valence-electron chi connectivity index (χ0n) is 19.3. The Morgan fingerprint density at radius 3 is 2.73 bits per heavy atom. The summed E-state index contributed by atoms with van der Waals surface area (Å²) in [6.07, 6.45) is 6.27. The van der Waals surface area contributed by atoms with Crippen molar-refractivity contribution in [3.63, 3.8) is 0 Å². The molecule has 3 aliphatic heterocycles. The van der Waals surface area contributed by atoms with E-state index in [1.165, 1.54) is 11.0 Å². The van der Waals surface area contributed by atoms with Gasteiger partial charge in [0.25, 0.3) is 0 Å². The third-order valence-corrected chi connectivity index (χ3v) is 7.73. The van der Waals surface area contributed by atoms with Gasteiger partial charge in [-0.1, -0.05) is 54.4 Å². The van der Waals surface area contributed by atoms with Gasteiger partial charge in [-0.2, -0.15) is 0 Å². The Hall–Kier alpha value is -1.71. The lowest BCUT2D eigenvalue weighted by molar-refractivity contribution is -0.154. The van der Waals surface area contributed by atoms with Gasteiger partial charge in [-0.3, -0.25) is 14.4 Å². The van der Waals surface area contributed by atoms with Crippen LogP contribution >= 0.6 is 15.9 Å². The SMILES string of the molecule is C=CCOC(=O)[C@H]1[C@@H]2OC3(CC2Br)C(C(=O)N(CC=C)CCCCC)N(CCCO)C(=O)[C@H]13. The summed E-state index contributed by atoms with van der Waals surface area (Å²) in [5, 5.41) is 9.42. The lowest BCUT2D eigenvalue weighted by Gasteiger charge is -2.37. The topological polar surface area (TPSA) is 96.4 Å². The number of hydrogen-bond acceptors (Lipinski definition) is 6. The van der Waals surface area contributed by atoms with E-state index < -0.39 is 35.6 Å². The van der Waals surface area contributed by atoms with E-state index in [1.54, 1.807) is 11.0 Å². The van der Waals surface area contributed by atoms with E-state index in [0.29, 0.717) is 25.9 Å². The highest BCUT2D eigenvalue weighted by molar-refractivity contribution is 9.09. The first kappa shape index (κ1) is 25.9. The fourth-order valence-electron chi connectivity index (χ4n) is 5.57. The molecule has 3 heterocycles. The van der Waals surface area contributed by atoms with Crippen LogP contribution in [-0.4, -0.2) is 88.1 Å². The number of carbonyl (C=O) groups excluding carboxylic acids is 3. The minimum absolute atomic E-state index is 0.0457. The summed E-state index contributed by atoms with van der Waals surface area (Å²) in [4.78, 5) is 43.6. The average Bonchev–Trinajstić information content (AvgIpc) is 3.38. The Kier molecular flexibility index (Phi) is 8.75. The molecule has 8 nitrogen and oxygen atoms in total. The van der Waals surface area contributed by atoms with Gasteiger partial charge in [0.15, 0.2) is 0 Å². The molecule has 2 bridgehead atoms. The van der Waals surface area contributed by atoms with E-state index in [9.17, 15) is 19.5 Å². The summed E-state index contributed by atoms with van der Waals surface area (Å²) in [5.41, 5.74) is -1.11. The van der Waals surface area contributed by atoms with Crippen molar-refractivity contribution in [2.45, 2.75) is 61.6 Å². The van der Waals surface area contributed by atoms with E-state index >= 15 is 0 Å². The largest absolute Gasteiger partial charge is 0.461 e. The van der Waals surface area contributed by atoms with Crippen molar-refractivity contribution in [2.75, 3.05) is 32.8 Å². The predicted molar refractivity (Wildman–Crippen MR) is 127 cm³/mol. The van der Waals surface area contributed by atoms with Gasteiger partial charge >= 0.3 is 5.97 Å². The van der Waals surface area contributed by atoms with Crippen LogP contribution in [0.15, 0.2) is 25.3 Å². The van der Waals surface area contributed by atoms with Crippen molar-refractivity contribution in [3.8, 4) is 0 Å². The summed E-state index contributed by atoms with van der Waals surface area (Å²) in [6.45, 7) is 10.6. The van der Waals surface area contributed by atoms with Crippen LogP contribution in [0, 0.1) is 11.8 Å². The number of unbranched alkanes of at least 4 members (excludes halogenated alkanes) is 2. The number of alkyl halides is 1. The highest BCUT2D eigenvalue weighted by Gasteiger charge is 2.77. The average molecular weight is 527 g/mol. The molecule has 0 aromatic carbocycles. The van der Waals surface area contributed by atoms with Gasteiger partial charge in [0.2, 0.25) is 11.8 Å². The van der Waals surface area contributed by atoms with Crippen molar-refractivity contribution < 1.29 is 29.0 Å². The van der Waals surface area contributed by atoms with Crippen molar-refractivity contribution in [1.82, 2.24) is 9.80 Å². The van der Waals surface area contributed by atoms with Crippen molar-refractivity contribution in [2.24, 2.45) is 11.8 Å². The number of aliphatic hydroxyl groups excluding tert-OH is 1. The standard InChI is InChI=1S/C24H35BrN2O6/c1-4-7-8-11-26(10-5-2)22(30)20-24-15-16(25)19(33-24)17(23(31)32-14-6-3)18(24)21(29)27(20)12-9-13-28/h5-6,16-20,28H,2-4,7-15H2,1H3/t16?,17-,18+,19-,20?,24?/m1/s1. The van der Waals surface area contributed by atoms with Crippen LogP contribution in [0.1, 0.15) is 39.0 Å². The molecule has 0 saturated carbocycles. The number of esters is 1. The van der Waals surface area contributed by atoms with Crippen molar-refractivity contribution in [1.29, 1.82) is 0 Å². The third-order valence-electron chi connectivity index (χ3n) is 6.89. The smallest absolute Gasteiger partial charge is 0.312 e. The van der Waals surface area contributed by atoms with Gasteiger partial charge in [0, 0.05) is 31.1 Å². The summed E-state index contributed by atoms with van der Waals surface area (Å²) in [6, 6.07) is -0.856. The Morgan fingerprint density at radius 1 is 1.33 bits per heavy atom. The molecule has 184 valence electrons. The molecule has 2 amide bonds. The lowest BCUT2D eigenvalue weighted by Crippen LogP contribution is -2.57. The van der Waals surface area contributed by atoms with Crippen LogP contribution in [0.4, 0.5) is 0 Å². The van der Waals surface area contributed by atoms with Crippen LogP contribution in [0.5, 0.6) is 0 Å². The summed E-state index contributed by atoms with van der Waals surface area (Å²) < 4.78 is 11.7. The zero-order chi connectivity index (χ0) is 24.2. The highest BCUT2D eigenvalue weighted by atomic mass is 79.9. The molecule has 1 N–H and O–H groups in total. The molecule has 3 unspecified atom stereocenters. The molecule has 3 aliphatic rings. The van der Waals surface area contributed by atoms with E-state index in [-0.39, 0.29) is 36.4 Å². The first-order valence-electron chi connectivity index (χ1n) is 11.8. The Morgan fingerprint density at radius 2 is 2.09 bits per heavy atom. The summed E-state index contributed by atoms with van der Waals surface area (Å²) in [5.74, 6) is -2.57. The van der Waals surface area contributed by atoms with Gasteiger partial charge < -0.3 is 24.4 Å². The maximum Gasteiger partial charge on any atom is 0.312 e. The molecule has 3 fully saturated rings. The number of halogens is 1. The minimum atomic E-state index is -1.11. The lowest BCUT2D eigenvalue weighted by atomic mass is 9.70. The predicted octanol–water partition coefficient (Wildman–Crippen LogP) is 2.05. The first-order chi connectivity index (χ1) is 15.9. The second kappa shape index (κ2) is 11.1. The van der Waals surface area contributed by atoms with Crippen molar-refractivity contribution >= 4 is 33.7 Å². The normalized spacial score (nSPS) is 32.0. The maximum absolute atomic E-state index is 13.9.